The van der Waals surface area contributed by atoms with Gasteiger partial charge in [0.25, 0.3) is 0 Å². The molecule has 0 amide bonds. The molecule has 0 atom stereocenters. The highest BCUT2D eigenvalue weighted by molar-refractivity contribution is 7.26. The van der Waals surface area contributed by atoms with Gasteiger partial charge in [0, 0.05) is 48.3 Å². The zero-order valence-corrected chi connectivity index (χ0v) is 30.5. The minimum absolute atomic E-state index is 0.122. The number of hydrogen-bond acceptors (Lipinski definition) is 3. The van der Waals surface area contributed by atoms with Crippen LogP contribution in [-0.2, 0) is 5.41 Å². The van der Waals surface area contributed by atoms with E-state index in [1.54, 1.807) is 11.3 Å². The van der Waals surface area contributed by atoms with Crippen molar-refractivity contribution in [1.29, 1.82) is 0 Å². The highest BCUT2D eigenvalue weighted by atomic mass is 32.1. The average molecular weight is 709 g/mol. The Labute approximate surface area is 315 Å². The first-order valence-corrected chi connectivity index (χ1v) is 19.3. The van der Waals surface area contributed by atoms with E-state index >= 15 is 0 Å². The SMILES string of the molecule is CC1(C)c2ccccc2-c2cc3c(cc21)c1ccc(-n2c4ccccc4c4ccccc42)cc1n3-c1nc(-c2ccccc2)c2sc3ccccc3c2n1. The maximum Gasteiger partial charge on any atom is 0.235 e. The van der Waals surface area contributed by atoms with Gasteiger partial charge in [-0.2, -0.15) is 0 Å². The zero-order chi connectivity index (χ0) is 35.7. The molecule has 54 heavy (non-hydrogen) atoms. The second-order valence-corrected chi connectivity index (χ2v) is 16.1. The molecule has 0 fully saturated rings. The lowest BCUT2D eigenvalue weighted by Crippen LogP contribution is -2.14. The maximum absolute atomic E-state index is 5.52. The van der Waals surface area contributed by atoms with Crippen LogP contribution in [0.15, 0.2) is 158 Å². The highest BCUT2D eigenvalue weighted by Crippen LogP contribution is 2.51. The Kier molecular flexibility index (Phi) is 5.96. The van der Waals surface area contributed by atoms with Crippen LogP contribution in [0.2, 0.25) is 0 Å². The molecule has 1 aliphatic carbocycles. The fraction of sp³-hybridized carbons (Fsp3) is 0.0612. The molecule has 254 valence electrons. The molecule has 4 aromatic heterocycles. The Balaban J connectivity index is 1.23. The first-order valence-electron chi connectivity index (χ1n) is 18.5. The largest absolute Gasteiger partial charge is 0.309 e. The standard InChI is InChI=1S/C49H32N4S/c1-49(2)38-20-10-6-16-31(38)36-28-43-37(27-39(36)49)34-25-24-30(52-40-21-11-7-17-32(40)33-18-8-12-22-41(33)52)26-42(34)53(43)48-50-45(29-14-4-3-5-15-29)47-46(51-48)35-19-9-13-23-44(35)54-47/h3-28H,1-2H3. The summed E-state index contributed by atoms with van der Waals surface area (Å²) in [6.45, 7) is 4.71. The van der Waals surface area contributed by atoms with Crippen LogP contribution >= 0.6 is 11.3 Å². The number of para-hydroxylation sites is 2. The normalized spacial score (nSPS) is 13.5. The summed E-state index contributed by atoms with van der Waals surface area (Å²) >= 11 is 1.77. The minimum atomic E-state index is -0.122. The quantitative estimate of drug-likeness (QED) is 0.183. The van der Waals surface area contributed by atoms with Crippen LogP contribution in [0.5, 0.6) is 0 Å². The van der Waals surface area contributed by atoms with Gasteiger partial charge in [-0.15, -0.1) is 11.3 Å². The topological polar surface area (TPSA) is 35.6 Å². The summed E-state index contributed by atoms with van der Waals surface area (Å²) in [5, 5.41) is 6.04. The van der Waals surface area contributed by atoms with E-state index in [0.29, 0.717) is 5.95 Å². The van der Waals surface area contributed by atoms with Gasteiger partial charge in [0.05, 0.1) is 38.0 Å². The van der Waals surface area contributed by atoms with E-state index in [-0.39, 0.29) is 5.41 Å². The van der Waals surface area contributed by atoms with Crippen molar-refractivity contribution in [1.82, 2.24) is 19.1 Å². The molecule has 0 bridgehead atoms. The van der Waals surface area contributed by atoms with Gasteiger partial charge in [0.15, 0.2) is 0 Å². The Bertz CT molecular complexity index is 3310. The number of rotatable bonds is 3. The highest BCUT2D eigenvalue weighted by Gasteiger charge is 2.36. The molecule has 7 aromatic carbocycles. The van der Waals surface area contributed by atoms with Gasteiger partial charge in [-0.25, -0.2) is 9.97 Å². The monoisotopic (exact) mass is 708 g/mol. The molecular formula is C49H32N4S. The smallest absolute Gasteiger partial charge is 0.235 e. The average Bonchev–Trinajstić information content (AvgIpc) is 3.92. The summed E-state index contributed by atoms with van der Waals surface area (Å²) in [6, 6.07) is 57.3. The second-order valence-electron chi connectivity index (χ2n) is 15.0. The number of benzene rings is 7. The van der Waals surface area contributed by atoms with E-state index in [1.165, 1.54) is 59.5 Å². The van der Waals surface area contributed by atoms with Crippen molar-refractivity contribution in [3.05, 3.63) is 169 Å². The van der Waals surface area contributed by atoms with Crippen LogP contribution in [0, 0.1) is 0 Å². The predicted octanol–water partition coefficient (Wildman–Crippen LogP) is 13.0. The molecule has 0 aliphatic heterocycles. The van der Waals surface area contributed by atoms with E-state index in [0.717, 1.165) is 43.6 Å². The fourth-order valence-electron chi connectivity index (χ4n) is 9.23. The molecule has 0 N–H and O–H groups in total. The Morgan fingerprint density at radius 1 is 0.481 bits per heavy atom. The molecule has 0 unspecified atom stereocenters. The van der Waals surface area contributed by atoms with Gasteiger partial charge in [0.1, 0.15) is 0 Å². The molecule has 0 spiro atoms. The minimum Gasteiger partial charge on any atom is -0.309 e. The van der Waals surface area contributed by atoms with E-state index in [2.05, 4.69) is 181 Å². The zero-order valence-electron chi connectivity index (χ0n) is 29.7. The van der Waals surface area contributed by atoms with Gasteiger partial charge in [-0.3, -0.25) is 4.57 Å². The molecule has 11 aromatic rings. The molecule has 4 heterocycles. The third-order valence-electron chi connectivity index (χ3n) is 11.7. The predicted molar refractivity (Wildman–Crippen MR) is 227 cm³/mol. The van der Waals surface area contributed by atoms with E-state index < -0.39 is 0 Å². The molecule has 12 rings (SSSR count). The summed E-state index contributed by atoms with van der Waals surface area (Å²) in [5.41, 5.74) is 13.9. The van der Waals surface area contributed by atoms with Crippen LogP contribution in [0.4, 0.5) is 0 Å². The molecule has 4 nitrogen and oxygen atoms in total. The van der Waals surface area contributed by atoms with Gasteiger partial charge in [-0.1, -0.05) is 129 Å². The van der Waals surface area contributed by atoms with Gasteiger partial charge in [-0.05, 0) is 64.7 Å². The summed E-state index contributed by atoms with van der Waals surface area (Å²) in [6.07, 6.45) is 0. The van der Waals surface area contributed by atoms with Crippen molar-refractivity contribution < 1.29 is 0 Å². The number of nitrogens with zero attached hydrogens (tertiary/aromatic N) is 4. The molecule has 0 radical (unpaired) electrons. The first kappa shape index (κ1) is 30.0. The van der Waals surface area contributed by atoms with Gasteiger partial charge in [0.2, 0.25) is 5.95 Å². The fourth-order valence-corrected chi connectivity index (χ4v) is 10.4. The van der Waals surface area contributed by atoms with Crippen LogP contribution in [0.25, 0.3) is 97.9 Å². The van der Waals surface area contributed by atoms with E-state index in [9.17, 15) is 0 Å². The Morgan fingerprint density at radius 2 is 1.13 bits per heavy atom. The lowest BCUT2D eigenvalue weighted by atomic mass is 9.82. The third-order valence-corrected chi connectivity index (χ3v) is 12.9. The van der Waals surface area contributed by atoms with Crippen LogP contribution in [-0.4, -0.2) is 19.1 Å². The summed E-state index contributed by atoms with van der Waals surface area (Å²) in [4.78, 5) is 11.0. The molecule has 1 aliphatic rings. The summed E-state index contributed by atoms with van der Waals surface area (Å²) < 4.78 is 7.05. The third kappa shape index (κ3) is 3.97. The summed E-state index contributed by atoms with van der Waals surface area (Å²) in [7, 11) is 0. The Hall–Kier alpha value is -6.56. The van der Waals surface area contributed by atoms with Crippen LogP contribution in [0.3, 0.4) is 0 Å². The Morgan fingerprint density at radius 3 is 1.93 bits per heavy atom. The van der Waals surface area contributed by atoms with E-state index in [4.69, 9.17) is 9.97 Å². The maximum atomic E-state index is 5.52. The molecule has 0 saturated heterocycles. The van der Waals surface area contributed by atoms with Crippen molar-refractivity contribution in [3.8, 4) is 34.0 Å². The number of thiophene rings is 1. The molecule has 5 heteroatoms. The van der Waals surface area contributed by atoms with Gasteiger partial charge < -0.3 is 4.57 Å². The summed E-state index contributed by atoms with van der Waals surface area (Å²) in [5.74, 6) is 0.676. The van der Waals surface area contributed by atoms with Crippen LogP contribution in [0.1, 0.15) is 25.0 Å². The number of hydrogen-bond donors (Lipinski definition) is 0. The van der Waals surface area contributed by atoms with Crippen LogP contribution < -0.4 is 0 Å². The number of fused-ring (bicyclic) bond motifs is 12. The lowest BCUT2D eigenvalue weighted by molar-refractivity contribution is 0.661. The van der Waals surface area contributed by atoms with Crippen molar-refractivity contribution in [2.24, 2.45) is 0 Å². The lowest BCUT2D eigenvalue weighted by Gasteiger charge is -2.21. The van der Waals surface area contributed by atoms with E-state index in [1.807, 2.05) is 0 Å². The van der Waals surface area contributed by atoms with Crippen molar-refractivity contribution in [2.45, 2.75) is 19.3 Å². The van der Waals surface area contributed by atoms with Gasteiger partial charge >= 0.3 is 0 Å². The second kappa shape index (κ2) is 10.8. The molecule has 0 saturated carbocycles. The van der Waals surface area contributed by atoms with Crippen molar-refractivity contribution >= 4 is 75.3 Å². The van der Waals surface area contributed by atoms with Crippen molar-refractivity contribution in [3.63, 3.8) is 0 Å². The molecular weight excluding hydrogens is 677 g/mol. The first-order chi connectivity index (χ1) is 26.5. The van der Waals surface area contributed by atoms with Crippen molar-refractivity contribution in [2.75, 3.05) is 0 Å². The number of aromatic nitrogens is 4.